The number of hydrogen-bond acceptors (Lipinski definition) is 4. The predicted molar refractivity (Wildman–Crippen MR) is 45.7 cm³/mol. The van der Waals surface area contributed by atoms with Crippen molar-refractivity contribution in [2.45, 2.75) is 0 Å². The van der Waals surface area contributed by atoms with Gasteiger partial charge in [-0.1, -0.05) is 0 Å². The minimum Gasteiger partial charge on any atom is -0.491 e. The van der Waals surface area contributed by atoms with E-state index in [0.717, 1.165) is 24.3 Å². The molecule has 1 N–H and O–H groups in total. The largest absolute Gasteiger partial charge is 0.491 e. The molecule has 0 atom stereocenters. The summed E-state index contributed by atoms with van der Waals surface area (Å²) in [6.45, 7) is -6.14. The lowest BCUT2D eigenvalue weighted by atomic mass is 10.3. The normalized spacial score (nSPS) is 16.4. The summed E-state index contributed by atoms with van der Waals surface area (Å²) >= 11 is 0. The Kier molecular flexibility index (Phi) is 1.76. The van der Waals surface area contributed by atoms with Crippen LogP contribution < -0.4 is 4.74 Å². The maximum absolute atomic E-state index is 10.3. The molecule has 0 fully saturated rings. The van der Waals surface area contributed by atoms with Gasteiger partial charge in [0.15, 0.2) is 0 Å². The second-order valence-corrected chi connectivity index (χ2v) is 2.07. The van der Waals surface area contributed by atoms with Crippen molar-refractivity contribution in [2.24, 2.45) is 0 Å². The standard InChI is InChI=1S/C8H9NO4/c10-5-6-13-8-3-1-7(2-4-8)9(11)12/h1-4,10H,5-6H2/i5D2,6D2. The second kappa shape index (κ2) is 4.42. The Balaban J connectivity index is 2.86. The Morgan fingerprint density at radius 1 is 1.54 bits per heavy atom. The lowest BCUT2D eigenvalue weighted by Crippen LogP contribution is -2.01. The summed E-state index contributed by atoms with van der Waals surface area (Å²) in [6.07, 6.45) is 0. The average molecular weight is 187 g/mol. The van der Waals surface area contributed by atoms with Crippen LogP contribution in [0.2, 0.25) is 0 Å². The molecule has 0 radical (unpaired) electrons. The lowest BCUT2D eigenvalue weighted by Gasteiger charge is -2.02. The Labute approximate surface area is 80.3 Å². The van der Waals surface area contributed by atoms with Crippen LogP contribution >= 0.6 is 0 Å². The molecular weight excluding hydrogens is 174 g/mol. The Bertz CT molecular complexity index is 415. The average Bonchev–Trinajstić information content (AvgIpc) is 2.16. The van der Waals surface area contributed by atoms with E-state index in [-0.39, 0.29) is 11.4 Å². The van der Waals surface area contributed by atoms with Crippen LogP contribution in [0, 0.1) is 10.1 Å². The van der Waals surface area contributed by atoms with E-state index in [0.29, 0.717) is 0 Å². The van der Waals surface area contributed by atoms with Crippen molar-refractivity contribution in [1.29, 1.82) is 0 Å². The third kappa shape index (κ3) is 2.72. The van der Waals surface area contributed by atoms with Gasteiger partial charge in [-0.3, -0.25) is 10.1 Å². The molecule has 0 aliphatic heterocycles. The molecule has 1 aromatic rings. The molecule has 0 amide bonds. The van der Waals surface area contributed by atoms with Gasteiger partial charge in [0, 0.05) is 12.1 Å². The van der Waals surface area contributed by atoms with Crippen LogP contribution in [0.25, 0.3) is 0 Å². The van der Waals surface area contributed by atoms with Crippen LogP contribution in [0.5, 0.6) is 5.75 Å². The molecule has 13 heavy (non-hydrogen) atoms. The van der Waals surface area contributed by atoms with Gasteiger partial charge in [0.05, 0.1) is 17.0 Å². The highest BCUT2D eigenvalue weighted by atomic mass is 16.6. The Hall–Kier alpha value is -1.62. The van der Waals surface area contributed by atoms with Crippen molar-refractivity contribution < 1.29 is 20.2 Å². The fourth-order valence-electron chi connectivity index (χ4n) is 0.718. The molecule has 0 bridgehead atoms. The van der Waals surface area contributed by atoms with Crippen molar-refractivity contribution >= 4 is 5.69 Å². The van der Waals surface area contributed by atoms with Crippen LogP contribution in [0.3, 0.4) is 0 Å². The number of nitro benzene ring substituents is 1. The number of nitro groups is 1. The first-order valence-corrected chi connectivity index (χ1v) is 3.29. The van der Waals surface area contributed by atoms with Gasteiger partial charge in [-0.2, -0.15) is 0 Å². The Morgan fingerprint density at radius 3 is 2.62 bits per heavy atom. The van der Waals surface area contributed by atoms with E-state index in [4.69, 9.17) is 10.6 Å². The van der Waals surface area contributed by atoms with E-state index in [2.05, 4.69) is 4.74 Å². The zero-order valence-electron chi connectivity index (χ0n) is 10.4. The third-order valence-corrected chi connectivity index (χ3v) is 1.26. The number of ether oxygens (including phenoxy) is 1. The van der Waals surface area contributed by atoms with E-state index >= 15 is 0 Å². The van der Waals surface area contributed by atoms with Crippen molar-refractivity contribution in [2.75, 3.05) is 13.1 Å². The molecule has 0 aliphatic carbocycles. The summed E-state index contributed by atoms with van der Waals surface area (Å²) in [5, 5.41) is 19.2. The van der Waals surface area contributed by atoms with Crippen LogP contribution in [0.1, 0.15) is 5.48 Å². The lowest BCUT2D eigenvalue weighted by molar-refractivity contribution is -0.384. The summed E-state index contributed by atoms with van der Waals surface area (Å²) in [7, 11) is 0. The predicted octanol–water partition coefficient (Wildman–Crippen LogP) is 0.966. The van der Waals surface area contributed by atoms with Crippen molar-refractivity contribution in [3.8, 4) is 5.75 Å². The molecule has 0 unspecified atom stereocenters. The number of hydrogen-bond donors (Lipinski definition) is 1. The van der Waals surface area contributed by atoms with E-state index < -0.39 is 18.0 Å². The topological polar surface area (TPSA) is 72.6 Å². The molecule has 5 heteroatoms. The van der Waals surface area contributed by atoms with Crippen molar-refractivity contribution in [3.63, 3.8) is 0 Å². The first kappa shape index (κ1) is 5.18. The van der Waals surface area contributed by atoms with Crippen molar-refractivity contribution in [1.82, 2.24) is 0 Å². The van der Waals surface area contributed by atoms with Crippen LogP contribution in [-0.2, 0) is 0 Å². The third-order valence-electron chi connectivity index (χ3n) is 1.26. The second-order valence-electron chi connectivity index (χ2n) is 2.07. The molecule has 0 aromatic heterocycles. The first-order valence-electron chi connectivity index (χ1n) is 5.29. The van der Waals surface area contributed by atoms with Gasteiger partial charge in [0.25, 0.3) is 5.69 Å². The molecule has 0 spiro atoms. The zero-order chi connectivity index (χ0) is 13.3. The molecule has 1 rings (SSSR count). The van der Waals surface area contributed by atoms with E-state index in [1.54, 1.807) is 0 Å². The number of non-ortho nitro benzene ring substituents is 1. The molecule has 0 saturated heterocycles. The smallest absolute Gasteiger partial charge is 0.269 e. The SMILES string of the molecule is [2H]C([2H])(O)C([2H])([2H])Oc1ccc([N+](=O)[O-])cc1. The summed E-state index contributed by atoms with van der Waals surface area (Å²) in [6, 6.07) is 4.39. The molecule has 0 heterocycles. The number of benzene rings is 1. The molecule has 1 aromatic carbocycles. The number of rotatable bonds is 4. The monoisotopic (exact) mass is 187 g/mol. The summed E-state index contributed by atoms with van der Waals surface area (Å²) in [5.74, 6) is -0.126. The fraction of sp³-hybridized carbons (Fsp3) is 0.250. The molecule has 0 saturated carbocycles. The molecule has 5 nitrogen and oxygen atoms in total. The quantitative estimate of drug-likeness (QED) is 0.563. The van der Waals surface area contributed by atoms with Gasteiger partial charge in [-0.05, 0) is 12.1 Å². The minimum atomic E-state index is -3.19. The highest BCUT2D eigenvalue weighted by Crippen LogP contribution is 2.16. The molecule has 0 aliphatic rings. The molecular formula is C8H9NO4. The first-order chi connectivity index (χ1) is 7.63. The van der Waals surface area contributed by atoms with Gasteiger partial charge in [-0.15, -0.1) is 0 Å². The Morgan fingerprint density at radius 2 is 2.15 bits per heavy atom. The summed E-state index contributed by atoms with van der Waals surface area (Å²) in [4.78, 5) is 9.71. The van der Waals surface area contributed by atoms with Gasteiger partial charge in [-0.25, -0.2) is 0 Å². The maximum atomic E-state index is 10.3. The van der Waals surface area contributed by atoms with Gasteiger partial charge in [0.2, 0.25) is 0 Å². The number of aliphatic hydroxyl groups is 1. The minimum absolute atomic E-state index is 0.126. The summed E-state index contributed by atoms with van der Waals surface area (Å²) < 4.78 is 32.5. The number of nitrogens with zero attached hydrogens (tertiary/aromatic N) is 1. The highest BCUT2D eigenvalue weighted by molar-refractivity contribution is 5.35. The van der Waals surface area contributed by atoms with Gasteiger partial charge in [0.1, 0.15) is 12.3 Å². The summed E-state index contributed by atoms with van der Waals surface area (Å²) in [5.41, 5.74) is -0.204. The van der Waals surface area contributed by atoms with Crippen molar-refractivity contribution in [3.05, 3.63) is 34.4 Å². The highest BCUT2D eigenvalue weighted by Gasteiger charge is 2.03. The van der Waals surface area contributed by atoms with Gasteiger partial charge < -0.3 is 9.84 Å². The van der Waals surface area contributed by atoms with Crippen LogP contribution in [0.15, 0.2) is 24.3 Å². The van der Waals surface area contributed by atoms with Gasteiger partial charge >= 0.3 is 0 Å². The van der Waals surface area contributed by atoms with Crippen LogP contribution in [0.4, 0.5) is 5.69 Å². The zero-order valence-corrected chi connectivity index (χ0v) is 6.43. The van der Waals surface area contributed by atoms with E-state index in [1.165, 1.54) is 0 Å². The van der Waals surface area contributed by atoms with E-state index in [1.807, 2.05) is 0 Å². The molecule has 70 valence electrons. The maximum Gasteiger partial charge on any atom is 0.269 e. The van der Waals surface area contributed by atoms with Crippen LogP contribution in [-0.4, -0.2) is 23.1 Å². The fourth-order valence-corrected chi connectivity index (χ4v) is 0.718. The van der Waals surface area contributed by atoms with E-state index in [9.17, 15) is 10.1 Å².